The molecule has 20 heavy (non-hydrogen) atoms. The van der Waals surface area contributed by atoms with Gasteiger partial charge in [0.1, 0.15) is 0 Å². The molecule has 1 aromatic carbocycles. The van der Waals surface area contributed by atoms with Crippen LogP contribution in [0.5, 0.6) is 5.75 Å². The molecule has 1 rings (SSSR count). The van der Waals surface area contributed by atoms with Crippen LogP contribution in [-0.4, -0.2) is 39.3 Å². The second-order valence-electron chi connectivity index (χ2n) is 3.75. The number of aromatic hydroxyl groups is 1. The summed E-state index contributed by atoms with van der Waals surface area (Å²) in [5.74, 6) is -0.914. The summed E-state index contributed by atoms with van der Waals surface area (Å²) in [6, 6.07) is 3.32. The number of primary amides is 1. The SMILES string of the molecule is CC(=O)Nc1cc([As](=O)(O)O)ccc1O.CCC(N)=O. The quantitative estimate of drug-likeness (QED) is 0.342. The molecule has 0 aliphatic rings. The number of nitrogens with one attached hydrogen (secondary N) is 1. The maximum Gasteiger partial charge on any atom is 0.217 e. The Bertz CT molecular complexity index is 540. The van der Waals surface area contributed by atoms with Crippen molar-refractivity contribution in [3.05, 3.63) is 18.2 Å². The van der Waals surface area contributed by atoms with Gasteiger partial charge in [-0.2, -0.15) is 0 Å². The fourth-order valence-electron chi connectivity index (χ4n) is 0.995. The van der Waals surface area contributed by atoms with Crippen LogP contribution >= 0.6 is 0 Å². The van der Waals surface area contributed by atoms with Crippen molar-refractivity contribution >= 4 is 36.0 Å². The Kier molecular flexibility index (Phi) is 7.06. The van der Waals surface area contributed by atoms with Gasteiger partial charge in [0.15, 0.2) is 0 Å². The van der Waals surface area contributed by atoms with Crippen molar-refractivity contribution in [2.45, 2.75) is 20.3 Å². The van der Waals surface area contributed by atoms with Crippen LogP contribution in [0.25, 0.3) is 0 Å². The molecule has 0 heterocycles. The van der Waals surface area contributed by atoms with Gasteiger partial charge >= 0.3 is 88.1 Å². The number of hydrogen-bond acceptors (Lipinski definition) is 4. The molecule has 6 N–H and O–H groups in total. The number of phenolic OH excluding ortho intramolecular Hbond substituents is 1. The van der Waals surface area contributed by atoms with E-state index in [-0.39, 0.29) is 21.7 Å². The summed E-state index contributed by atoms with van der Waals surface area (Å²) in [5, 5.41) is 11.6. The van der Waals surface area contributed by atoms with E-state index in [1.807, 2.05) is 0 Å². The van der Waals surface area contributed by atoms with E-state index >= 15 is 0 Å². The fourth-order valence-corrected chi connectivity index (χ4v) is 2.18. The van der Waals surface area contributed by atoms with Crippen LogP contribution in [0, 0.1) is 0 Å². The summed E-state index contributed by atoms with van der Waals surface area (Å²) in [7, 11) is 0. The van der Waals surface area contributed by atoms with Gasteiger partial charge in [-0.25, -0.2) is 0 Å². The van der Waals surface area contributed by atoms with E-state index < -0.39 is 20.1 Å². The molecule has 112 valence electrons. The minimum absolute atomic E-state index is 0.00951. The van der Waals surface area contributed by atoms with Crippen molar-refractivity contribution < 1.29 is 26.6 Å². The van der Waals surface area contributed by atoms with Gasteiger partial charge in [0, 0.05) is 6.42 Å². The largest absolute Gasteiger partial charge is 0.370 e. The van der Waals surface area contributed by atoms with E-state index in [0.29, 0.717) is 6.42 Å². The van der Waals surface area contributed by atoms with Gasteiger partial charge in [-0.05, 0) is 0 Å². The molecule has 2 amide bonds. The number of benzene rings is 1. The second kappa shape index (κ2) is 7.74. The van der Waals surface area contributed by atoms with E-state index in [9.17, 15) is 18.4 Å². The van der Waals surface area contributed by atoms with Crippen LogP contribution in [0.3, 0.4) is 0 Å². The molecular weight excluding hydrogens is 331 g/mol. The third-order valence-electron chi connectivity index (χ3n) is 1.98. The normalized spacial score (nSPS) is 10.2. The Morgan fingerprint density at radius 3 is 2.20 bits per heavy atom. The van der Waals surface area contributed by atoms with Crippen molar-refractivity contribution in [1.29, 1.82) is 0 Å². The van der Waals surface area contributed by atoms with Crippen molar-refractivity contribution in [3.63, 3.8) is 0 Å². The van der Waals surface area contributed by atoms with Gasteiger partial charge < -0.3 is 5.73 Å². The van der Waals surface area contributed by atoms with Crippen LogP contribution < -0.4 is 15.4 Å². The summed E-state index contributed by atoms with van der Waals surface area (Å²) in [6.45, 7) is 2.96. The second-order valence-corrected chi connectivity index (χ2v) is 7.11. The first kappa shape index (κ1) is 18.2. The topological polar surface area (TPSA) is 150 Å². The van der Waals surface area contributed by atoms with E-state index in [2.05, 4.69) is 11.1 Å². The minimum Gasteiger partial charge on any atom is -0.370 e. The van der Waals surface area contributed by atoms with Crippen molar-refractivity contribution in [2.75, 3.05) is 5.32 Å². The van der Waals surface area contributed by atoms with Crippen LogP contribution in [0.1, 0.15) is 20.3 Å². The first-order valence-electron chi connectivity index (χ1n) is 5.53. The van der Waals surface area contributed by atoms with Crippen molar-refractivity contribution in [2.24, 2.45) is 5.73 Å². The molecular formula is C11H17AsN2O6. The predicted octanol–water partition coefficient (Wildman–Crippen LogP) is -1.21. The molecule has 1 aromatic rings. The summed E-state index contributed by atoms with van der Waals surface area (Å²) >= 11 is -4.98. The Balaban J connectivity index is 0.000000621. The monoisotopic (exact) mass is 348 g/mol. The molecule has 0 spiro atoms. The first-order chi connectivity index (χ1) is 9.07. The van der Waals surface area contributed by atoms with Crippen LogP contribution in [0.4, 0.5) is 5.69 Å². The number of carbonyl (C=O) groups excluding carboxylic acids is 2. The Morgan fingerprint density at radius 2 is 1.85 bits per heavy atom. The molecule has 8 nitrogen and oxygen atoms in total. The number of phenols is 1. The summed E-state index contributed by atoms with van der Waals surface area (Å²) in [6.07, 6.45) is 0.444. The minimum atomic E-state index is -4.98. The Morgan fingerprint density at radius 1 is 1.35 bits per heavy atom. The maximum atomic E-state index is 10.9. The predicted molar refractivity (Wildman–Crippen MR) is 72.4 cm³/mol. The van der Waals surface area contributed by atoms with E-state index in [1.165, 1.54) is 6.92 Å². The van der Waals surface area contributed by atoms with E-state index in [1.54, 1.807) is 6.92 Å². The molecule has 0 aliphatic heterocycles. The standard InChI is InChI=1S/C8H10AsNO5.C3H7NO/c1-5(11)10-7-4-6(9(13,14)15)2-3-8(7)12;1-2-3(4)5/h2-4,12H,1H3,(H,10,11)(H2,13,14,15);2H2,1H3,(H2,4,5). The first-order valence-corrected chi connectivity index (χ1v) is 8.91. The number of hydrogen-bond donors (Lipinski definition) is 5. The Hall–Kier alpha value is -1.76. The zero-order valence-corrected chi connectivity index (χ0v) is 12.9. The van der Waals surface area contributed by atoms with Crippen molar-refractivity contribution in [1.82, 2.24) is 0 Å². The van der Waals surface area contributed by atoms with Crippen LogP contribution in [0.15, 0.2) is 18.2 Å². The maximum absolute atomic E-state index is 10.9. The number of carbonyl (C=O) groups is 2. The van der Waals surface area contributed by atoms with Crippen LogP contribution in [0.2, 0.25) is 0 Å². The van der Waals surface area contributed by atoms with Crippen molar-refractivity contribution in [3.8, 4) is 5.75 Å². The molecule has 0 aromatic heterocycles. The van der Waals surface area contributed by atoms with Gasteiger partial charge in [0.25, 0.3) is 0 Å². The number of amides is 2. The van der Waals surface area contributed by atoms with Gasteiger partial charge in [-0.1, -0.05) is 6.92 Å². The Labute approximate surface area is 118 Å². The molecule has 9 heteroatoms. The zero-order chi connectivity index (χ0) is 15.9. The molecule has 0 bridgehead atoms. The van der Waals surface area contributed by atoms with Gasteiger partial charge in [-0.15, -0.1) is 0 Å². The summed E-state index contributed by atoms with van der Waals surface area (Å²) in [5.41, 5.74) is 4.64. The molecule has 0 saturated carbocycles. The van der Waals surface area contributed by atoms with Crippen LogP contribution in [-0.2, 0) is 13.3 Å². The third-order valence-corrected chi connectivity index (χ3v) is 3.97. The molecule has 0 aliphatic carbocycles. The molecule has 0 fully saturated rings. The average Bonchev–Trinajstić information content (AvgIpc) is 2.30. The summed E-state index contributed by atoms with van der Waals surface area (Å²) < 4.78 is 28.6. The average molecular weight is 348 g/mol. The van der Waals surface area contributed by atoms with E-state index in [4.69, 9.17) is 8.19 Å². The molecule has 0 radical (unpaired) electrons. The number of nitrogens with two attached hydrogens (primary N) is 1. The number of rotatable bonds is 3. The fraction of sp³-hybridized carbons (Fsp3) is 0.273. The van der Waals surface area contributed by atoms with Gasteiger partial charge in [0.05, 0.1) is 0 Å². The third kappa shape index (κ3) is 6.98. The molecule has 0 atom stereocenters. The van der Waals surface area contributed by atoms with Gasteiger partial charge in [0.2, 0.25) is 5.91 Å². The summed E-state index contributed by atoms with van der Waals surface area (Å²) in [4.78, 5) is 20.3. The number of anilines is 1. The smallest absolute Gasteiger partial charge is 0.217 e. The zero-order valence-electron chi connectivity index (χ0n) is 11.0. The molecule has 0 unspecified atom stereocenters. The molecule has 0 saturated heterocycles. The van der Waals surface area contributed by atoms with E-state index in [0.717, 1.165) is 18.2 Å². The van der Waals surface area contributed by atoms with Gasteiger partial charge in [-0.3, -0.25) is 4.79 Å².